The van der Waals surface area contributed by atoms with Gasteiger partial charge in [0.2, 0.25) is 0 Å². The van der Waals surface area contributed by atoms with Crippen molar-refractivity contribution in [2.24, 2.45) is 5.92 Å². The second-order valence-corrected chi connectivity index (χ2v) is 4.53. The summed E-state index contributed by atoms with van der Waals surface area (Å²) in [4.78, 5) is 0. The first-order valence-electron chi connectivity index (χ1n) is 6.01. The number of hydrogen-bond donors (Lipinski definition) is 1. The maximum absolute atomic E-state index is 12.7. The van der Waals surface area contributed by atoms with Crippen LogP contribution in [0.2, 0.25) is 0 Å². The highest BCUT2D eigenvalue weighted by Crippen LogP contribution is 2.32. The van der Waals surface area contributed by atoms with E-state index in [4.69, 9.17) is 4.74 Å². The summed E-state index contributed by atoms with van der Waals surface area (Å²) in [5, 5.41) is 3.20. The first kappa shape index (κ1) is 13.4. The second kappa shape index (κ2) is 5.71. The highest BCUT2D eigenvalue weighted by atomic mass is 19.4. The van der Waals surface area contributed by atoms with Gasteiger partial charge in [-0.25, -0.2) is 0 Å². The molecule has 0 aromatic heterocycles. The first-order valence-corrected chi connectivity index (χ1v) is 6.01. The zero-order chi connectivity index (χ0) is 13.0. The summed E-state index contributed by atoms with van der Waals surface area (Å²) in [6, 6.07) is 5.56. The van der Waals surface area contributed by atoms with Crippen LogP contribution in [0.1, 0.15) is 17.5 Å². The minimum Gasteiger partial charge on any atom is -0.376 e. The lowest BCUT2D eigenvalue weighted by molar-refractivity contribution is -0.138. The van der Waals surface area contributed by atoms with Gasteiger partial charge < -0.3 is 10.1 Å². The van der Waals surface area contributed by atoms with Crippen LogP contribution in [0.15, 0.2) is 24.3 Å². The molecule has 1 atom stereocenters. The normalized spacial score (nSPS) is 20.3. The maximum Gasteiger partial charge on any atom is 0.416 e. The van der Waals surface area contributed by atoms with Crippen LogP contribution < -0.4 is 5.32 Å². The molecule has 1 aromatic carbocycles. The molecule has 100 valence electrons. The molecule has 0 spiro atoms. The van der Waals surface area contributed by atoms with E-state index >= 15 is 0 Å². The Labute approximate surface area is 104 Å². The maximum atomic E-state index is 12.7. The number of rotatable bonds is 4. The minimum atomic E-state index is -4.31. The molecule has 0 aliphatic carbocycles. The van der Waals surface area contributed by atoms with Crippen molar-refractivity contribution < 1.29 is 17.9 Å². The Bertz CT molecular complexity index is 386. The van der Waals surface area contributed by atoms with Gasteiger partial charge in [-0.3, -0.25) is 0 Å². The van der Waals surface area contributed by atoms with E-state index in [9.17, 15) is 13.2 Å². The van der Waals surface area contributed by atoms with Crippen molar-refractivity contribution in [2.45, 2.75) is 19.2 Å². The van der Waals surface area contributed by atoms with Crippen LogP contribution in [-0.4, -0.2) is 19.7 Å². The van der Waals surface area contributed by atoms with Gasteiger partial charge in [0.25, 0.3) is 0 Å². The Morgan fingerprint density at radius 3 is 2.72 bits per heavy atom. The van der Waals surface area contributed by atoms with Crippen molar-refractivity contribution in [2.75, 3.05) is 19.7 Å². The molecule has 0 bridgehead atoms. The van der Waals surface area contributed by atoms with Crippen molar-refractivity contribution >= 4 is 0 Å². The Hall–Kier alpha value is -1.07. The molecule has 2 nitrogen and oxygen atoms in total. The van der Waals surface area contributed by atoms with Gasteiger partial charge in [0, 0.05) is 6.54 Å². The standard InChI is InChI=1S/C13H16F3NO/c14-13(15,16)12-4-2-1-3-11(12)9-18-8-10-5-6-17-7-10/h1-4,10,17H,5-9H2. The van der Waals surface area contributed by atoms with Crippen LogP contribution >= 0.6 is 0 Å². The van der Waals surface area contributed by atoms with Crippen LogP contribution in [0.3, 0.4) is 0 Å². The van der Waals surface area contributed by atoms with Gasteiger partial charge in [-0.05, 0) is 30.5 Å². The summed E-state index contributed by atoms with van der Waals surface area (Å²) in [7, 11) is 0. The quantitative estimate of drug-likeness (QED) is 0.897. The minimum absolute atomic E-state index is 0.0200. The van der Waals surface area contributed by atoms with E-state index in [1.165, 1.54) is 12.1 Å². The van der Waals surface area contributed by atoms with E-state index in [0.29, 0.717) is 12.5 Å². The predicted molar refractivity (Wildman–Crippen MR) is 62.1 cm³/mol. The lowest BCUT2D eigenvalue weighted by atomic mass is 10.1. The van der Waals surface area contributed by atoms with Gasteiger partial charge in [0.1, 0.15) is 0 Å². The van der Waals surface area contributed by atoms with E-state index in [0.717, 1.165) is 25.6 Å². The Balaban J connectivity index is 1.92. The van der Waals surface area contributed by atoms with Crippen molar-refractivity contribution in [1.82, 2.24) is 5.32 Å². The molecular weight excluding hydrogens is 243 g/mol. The van der Waals surface area contributed by atoms with Gasteiger partial charge in [0.05, 0.1) is 18.8 Å². The van der Waals surface area contributed by atoms with E-state index in [1.54, 1.807) is 6.07 Å². The van der Waals surface area contributed by atoms with Gasteiger partial charge in [-0.1, -0.05) is 18.2 Å². The topological polar surface area (TPSA) is 21.3 Å². The molecule has 0 amide bonds. The monoisotopic (exact) mass is 259 g/mol. The summed E-state index contributed by atoms with van der Waals surface area (Å²) in [5.74, 6) is 0.419. The summed E-state index contributed by atoms with van der Waals surface area (Å²) in [5.41, 5.74) is -0.398. The Morgan fingerprint density at radius 1 is 1.28 bits per heavy atom. The molecule has 1 saturated heterocycles. The lowest BCUT2D eigenvalue weighted by Gasteiger charge is -2.14. The zero-order valence-electron chi connectivity index (χ0n) is 9.96. The number of nitrogens with one attached hydrogen (secondary N) is 1. The van der Waals surface area contributed by atoms with Crippen molar-refractivity contribution in [3.63, 3.8) is 0 Å². The number of benzene rings is 1. The highest BCUT2D eigenvalue weighted by molar-refractivity contribution is 5.28. The molecule has 0 radical (unpaired) electrons. The second-order valence-electron chi connectivity index (χ2n) is 4.53. The molecule has 2 rings (SSSR count). The Kier molecular flexibility index (Phi) is 4.24. The largest absolute Gasteiger partial charge is 0.416 e. The van der Waals surface area contributed by atoms with Gasteiger partial charge in [-0.2, -0.15) is 13.2 Å². The molecule has 1 heterocycles. The van der Waals surface area contributed by atoms with Crippen LogP contribution in [-0.2, 0) is 17.5 Å². The molecule has 1 aliphatic heterocycles. The number of alkyl halides is 3. The van der Waals surface area contributed by atoms with E-state index in [-0.39, 0.29) is 12.2 Å². The molecule has 18 heavy (non-hydrogen) atoms. The van der Waals surface area contributed by atoms with Gasteiger partial charge >= 0.3 is 6.18 Å². The third-order valence-corrected chi connectivity index (χ3v) is 3.10. The van der Waals surface area contributed by atoms with Crippen LogP contribution in [0, 0.1) is 5.92 Å². The molecule has 1 N–H and O–H groups in total. The average Bonchev–Trinajstić information content (AvgIpc) is 2.81. The smallest absolute Gasteiger partial charge is 0.376 e. The lowest BCUT2D eigenvalue weighted by Crippen LogP contribution is -2.15. The summed E-state index contributed by atoms with van der Waals surface area (Å²) in [6.07, 6.45) is -3.28. The molecule has 1 unspecified atom stereocenters. The third-order valence-electron chi connectivity index (χ3n) is 3.10. The Morgan fingerprint density at radius 2 is 2.06 bits per heavy atom. The van der Waals surface area contributed by atoms with Crippen LogP contribution in [0.4, 0.5) is 13.2 Å². The van der Waals surface area contributed by atoms with E-state index < -0.39 is 11.7 Å². The van der Waals surface area contributed by atoms with Crippen molar-refractivity contribution in [1.29, 1.82) is 0 Å². The van der Waals surface area contributed by atoms with Crippen LogP contribution in [0.25, 0.3) is 0 Å². The predicted octanol–water partition coefficient (Wildman–Crippen LogP) is 2.83. The molecule has 1 fully saturated rings. The molecular formula is C13H16F3NO. The molecule has 1 aromatic rings. The van der Waals surface area contributed by atoms with E-state index in [1.807, 2.05) is 0 Å². The van der Waals surface area contributed by atoms with Crippen molar-refractivity contribution in [3.05, 3.63) is 35.4 Å². The highest BCUT2D eigenvalue weighted by Gasteiger charge is 2.32. The molecule has 0 saturated carbocycles. The number of halogens is 3. The first-order chi connectivity index (χ1) is 8.57. The van der Waals surface area contributed by atoms with Gasteiger partial charge in [-0.15, -0.1) is 0 Å². The summed E-state index contributed by atoms with van der Waals surface area (Å²) >= 11 is 0. The molecule has 5 heteroatoms. The fourth-order valence-corrected chi connectivity index (χ4v) is 2.11. The number of ether oxygens (including phenoxy) is 1. The summed E-state index contributed by atoms with van der Waals surface area (Å²) < 4.78 is 43.5. The SMILES string of the molecule is FC(F)(F)c1ccccc1COCC1CCNC1. The van der Waals surface area contributed by atoms with Gasteiger partial charge in [0.15, 0.2) is 0 Å². The van der Waals surface area contributed by atoms with Crippen LogP contribution in [0.5, 0.6) is 0 Å². The third kappa shape index (κ3) is 3.46. The fourth-order valence-electron chi connectivity index (χ4n) is 2.11. The molecule has 1 aliphatic rings. The zero-order valence-corrected chi connectivity index (χ0v) is 9.96. The van der Waals surface area contributed by atoms with E-state index in [2.05, 4.69) is 5.32 Å². The number of hydrogen-bond acceptors (Lipinski definition) is 2. The average molecular weight is 259 g/mol. The fraction of sp³-hybridized carbons (Fsp3) is 0.538. The summed E-state index contributed by atoms with van der Waals surface area (Å²) in [6.45, 7) is 2.39. The van der Waals surface area contributed by atoms with Crippen molar-refractivity contribution in [3.8, 4) is 0 Å².